The first kappa shape index (κ1) is 15.0. The molecule has 1 unspecified atom stereocenters. The Morgan fingerprint density at radius 2 is 2.00 bits per heavy atom. The maximum absolute atomic E-state index is 5.96. The van der Waals surface area contributed by atoms with Crippen LogP contribution in [-0.4, -0.2) is 29.0 Å². The van der Waals surface area contributed by atoms with Crippen molar-refractivity contribution in [3.05, 3.63) is 27.7 Å². The molecular formula is C13H18ClN5S. The number of nitrogens with one attached hydrogen (secondary N) is 1. The Balaban J connectivity index is 2.27. The van der Waals surface area contributed by atoms with Crippen molar-refractivity contribution in [1.82, 2.24) is 15.0 Å². The van der Waals surface area contributed by atoms with E-state index < -0.39 is 0 Å². The number of anilines is 2. The van der Waals surface area contributed by atoms with Crippen molar-refractivity contribution < 1.29 is 0 Å². The van der Waals surface area contributed by atoms with Crippen LogP contribution in [0.3, 0.4) is 0 Å². The minimum atomic E-state index is 0.156. The third kappa shape index (κ3) is 3.58. The normalized spacial score (nSPS) is 12.5. The highest BCUT2D eigenvalue weighted by atomic mass is 35.5. The van der Waals surface area contributed by atoms with Crippen LogP contribution in [0.1, 0.15) is 24.8 Å². The van der Waals surface area contributed by atoms with Gasteiger partial charge in [-0.15, -0.1) is 11.3 Å². The molecule has 0 bridgehead atoms. The Labute approximate surface area is 128 Å². The standard InChI is InChI=1S/C13H18ClN5S/c1-8(2)10(9-6-5-7-20-9)15-12-16-11(14)17-13(18-12)19(3)4/h5-8,10H,1-4H3,(H,15,16,17,18). The fourth-order valence-corrected chi connectivity index (χ4v) is 2.88. The number of aromatic nitrogens is 3. The molecule has 1 N–H and O–H groups in total. The number of thiophene rings is 1. The van der Waals surface area contributed by atoms with E-state index in [0.717, 1.165) is 0 Å². The first-order valence-electron chi connectivity index (χ1n) is 6.36. The van der Waals surface area contributed by atoms with Crippen LogP contribution < -0.4 is 10.2 Å². The summed E-state index contributed by atoms with van der Waals surface area (Å²) in [6.45, 7) is 4.32. The summed E-state index contributed by atoms with van der Waals surface area (Å²) in [6, 6.07) is 4.31. The van der Waals surface area contributed by atoms with Crippen molar-refractivity contribution in [2.75, 3.05) is 24.3 Å². The molecule has 0 saturated carbocycles. The van der Waals surface area contributed by atoms with Crippen LogP contribution in [-0.2, 0) is 0 Å². The van der Waals surface area contributed by atoms with Crippen molar-refractivity contribution in [3.8, 4) is 0 Å². The first-order valence-corrected chi connectivity index (χ1v) is 7.62. The van der Waals surface area contributed by atoms with E-state index in [1.807, 2.05) is 20.2 Å². The van der Waals surface area contributed by atoms with E-state index in [-0.39, 0.29) is 11.3 Å². The van der Waals surface area contributed by atoms with Crippen LogP contribution in [0.15, 0.2) is 17.5 Å². The van der Waals surface area contributed by atoms with Crippen LogP contribution in [0, 0.1) is 5.92 Å². The molecule has 0 aromatic carbocycles. The van der Waals surface area contributed by atoms with Crippen LogP contribution >= 0.6 is 22.9 Å². The molecule has 0 spiro atoms. The SMILES string of the molecule is CC(C)C(Nc1nc(Cl)nc(N(C)C)n1)c1cccs1. The van der Waals surface area contributed by atoms with Gasteiger partial charge in [0.25, 0.3) is 0 Å². The van der Waals surface area contributed by atoms with Gasteiger partial charge in [-0.05, 0) is 29.0 Å². The van der Waals surface area contributed by atoms with Crippen LogP contribution in [0.25, 0.3) is 0 Å². The van der Waals surface area contributed by atoms with Crippen molar-refractivity contribution in [1.29, 1.82) is 0 Å². The monoisotopic (exact) mass is 311 g/mol. The van der Waals surface area contributed by atoms with Gasteiger partial charge in [0.15, 0.2) is 0 Å². The molecule has 7 heteroatoms. The molecule has 2 aromatic heterocycles. The zero-order valence-electron chi connectivity index (χ0n) is 12.0. The molecule has 0 aliphatic heterocycles. The van der Waals surface area contributed by atoms with Crippen LogP contribution in [0.5, 0.6) is 0 Å². The van der Waals surface area contributed by atoms with E-state index in [4.69, 9.17) is 11.6 Å². The lowest BCUT2D eigenvalue weighted by Crippen LogP contribution is -2.20. The molecule has 2 aromatic rings. The Morgan fingerprint density at radius 3 is 2.55 bits per heavy atom. The summed E-state index contributed by atoms with van der Waals surface area (Å²) < 4.78 is 0. The molecule has 0 saturated heterocycles. The lowest BCUT2D eigenvalue weighted by Gasteiger charge is -2.21. The number of hydrogen-bond acceptors (Lipinski definition) is 6. The molecule has 2 rings (SSSR count). The minimum absolute atomic E-state index is 0.156. The number of rotatable bonds is 5. The largest absolute Gasteiger partial charge is 0.347 e. The molecule has 0 aliphatic carbocycles. The van der Waals surface area contributed by atoms with E-state index in [1.54, 1.807) is 16.2 Å². The summed E-state index contributed by atoms with van der Waals surface area (Å²) in [5.74, 6) is 1.45. The molecule has 0 aliphatic rings. The second-order valence-corrected chi connectivity index (χ2v) is 6.32. The fraction of sp³-hybridized carbons (Fsp3) is 0.462. The summed E-state index contributed by atoms with van der Waals surface area (Å²) in [7, 11) is 3.74. The van der Waals surface area contributed by atoms with E-state index in [1.165, 1.54) is 4.88 Å². The van der Waals surface area contributed by atoms with Gasteiger partial charge in [0, 0.05) is 19.0 Å². The molecule has 2 heterocycles. The molecule has 5 nitrogen and oxygen atoms in total. The van der Waals surface area contributed by atoms with Gasteiger partial charge in [0.1, 0.15) is 0 Å². The summed E-state index contributed by atoms with van der Waals surface area (Å²) in [4.78, 5) is 15.7. The van der Waals surface area contributed by atoms with E-state index in [0.29, 0.717) is 17.8 Å². The van der Waals surface area contributed by atoms with Crippen molar-refractivity contribution in [2.45, 2.75) is 19.9 Å². The number of nitrogens with zero attached hydrogens (tertiary/aromatic N) is 4. The third-order valence-corrected chi connectivity index (χ3v) is 3.92. The van der Waals surface area contributed by atoms with Gasteiger partial charge >= 0.3 is 0 Å². The molecule has 0 amide bonds. The zero-order chi connectivity index (χ0) is 14.7. The van der Waals surface area contributed by atoms with Crippen LogP contribution in [0.4, 0.5) is 11.9 Å². The second kappa shape index (κ2) is 6.37. The Kier molecular flexibility index (Phi) is 4.77. The van der Waals surface area contributed by atoms with Crippen LogP contribution in [0.2, 0.25) is 5.28 Å². The average Bonchev–Trinajstić information content (AvgIpc) is 2.88. The van der Waals surface area contributed by atoms with Gasteiger partial charge in [-0.25, -0.2) is 0 Å². The number of hydrogen-bond donors (Lipinski definition) is 1. The highest BCUT2D eigenvalue weighted by Crippen LogP contribution is 2.29. The highest BCUT2D eigenvalue weighted by molar-refractivity contribution is 7.10. The highest BCUT2D eigenvalue weighted by Gasteiger charge is 2.18. The van der Waals surface area contributed by atoms with Gasteiger partial charge in [-0.3, -0.25) is 0 Å². The summed E-state index contributed by atoms with van der Waals surface area (Å²) in [5.41, 5.74) is 0. The molecular weight excluding hydrogens is 294 g/mol. The first-order chi connectivity index (χ1) is 9.47. The molecule has 20 heavy (non-hydrogen) atoms. The average molecular weight is 312 g/mol. The van der Waals surface area contributed by atoms with Gasteiger partial charge < -0.3 is 10.2 Å². The molecule has 0 fully saturated rings. The Hall–Kier alpha value is -1.40. The molecule has 0 radical (unpaired) electrons. The van der Waals surface area contributed by atoms with E-state index in [9.17, 15) is 0 Å². The number of halogens is 1. The van der Waals surface area contributed by atoms with Gasteiger partial charge in [-0.2, -0.15) is 15.0 Å². The van der Waals surface area contributed by atoms with Crippen molar-refractivity contribution in [2.24, 2.45) is 5.92 Å². The van der Waals surface area contributed by atoms with Gasteiger partial charge in [0.2, 0.25) is 17.2 Å². The van der Waals surface area contributed by atoms with Crippen molar-refractivity contribution in [3.63, 3.8) is 0 Å². The van der Waals surface area contributed by atoms with E-state index in [2.05, 4.69) is 45.6 Å². The van der Waals surface area contributed by atoms with Gasteiger partial charge in [-0.1, -0.05) is 19.9 Å². The second-order valence-electron chi connectivity index (χ2n) is 5.00. The smallest absolute Gasteiger partial charge is 0.230 e. The lowest BCUT2D eigenvalue weighted by molar-refractivity contribution is 0.549. The van der Waals surface area contributed by atoms with Gasteiger partial charge in [0.05, 0.1) is 6.04 Å². The third-order valence-electron chi connectivity index (χ3n) is 2.80. The fourth-order valence-electron chi connectivity index (χ4n) is 1.78. The Bertz CT molecular complexity index is 556. The van der Waals surface area contributed by atoms with E-state index >= 15 is 0 Å². The predicted octanol–water partition coefficient (Wildman–Crippen LogP) is 3.46. The maximum Gasteiger partial charge on any atom is 0.230 e. The Morgan fingerprint density at radius 1 is 1.25 bits per heavy atom. The molecule has 108 valence electrons. The maximum atomic E-state index is 5.96. The minimum Gasteiger partial charge on any atom is -0.347 e. The summed E-state index contributed by atoms with van der Waals surface area (Å²) in [6.07, 6.45) is 0. The summed E-state index contributed by atoms with van der Waals surface area (Å²) in [5, 5.41) is 5.62. The zero-order valence-corrected chi connectivity index (χ0v) is 13.5. The topological polar surface area (TPSA) is 53.9 Å². The molecule has 1 atom stereocenters. The quantitative estimate of drug-likeness (QED) is 0.916. The predicted molar refractivity (Wildman–Crippen MR) is 84.7 cm³/mol. The van der Waals surface area contributed by atoms with Crippen molar-refractivity contribution >= 4 is 34.8 Å². The lowest BCUT2D eigenvalue weighted by atomic mass is 10.0. The summed E-state index contributed by atoms with van der Waals surface area (Å²) >= 11 is 7.67.